The molecule has 0 saturated carbocycles. The average molecular weight is 468 g/mol. The fourth-order valence-corrected chi connectivity index (χ4v) is 5.18. The second-order valence-corrected chi connectivity index (χ2v) is 9.92. The van der Waals surface area contributed by atoms with Crippen LogP contribution in [0.1, 0.15) is 21.7 Å². The Bertz CT molecular complexity index is 952. The number of methoxy groups -OCH3 is 1. The molecule has 3 aromatic rings. The van der Waals surface area contributed by atoms with Gasteiger partial charge < -0.3 is 9.64 Å². The highest BCUT2D eigenvalue weighted by Crippen LogP contribution is 2.37. The van der Waals surface area contributed by atoms with Gasteiger partial charge in [-0.05, 0) is 73.7 Å². The molecule has 0 unspecified atom stereocenters. The highest BCUT2D eigenvalue weighted by Gasteiger charge is 2.23. The molecule has 0 aliphatic carbocycles. The third kappa shape index (κ3) is 4.51. The van der Waals surface area contributed by atoms with Gasteiger partial charge in [0.2, 0.25) is 0 Å². The molecule has 2 heterocycles. The standard InChI is InChI=1S/C19H22BrN3O2S2/c1-12-6-7-13(25-4)16-17(12)27-19(21-16)23(11-5-10-22(2)3)18(24)14-8-9-15(20)26-14/h6-9H,5,10-11H2,1-4H3. The van der Waals surface area contributed by atoms with E-state index in [0.29, 0.717) is 16.6 Å². The molecule has 0 aliphatic rings. The molecule has 0 bridgehead atoms. The van der Waals surface area contributed by atoms with Gasteiger partial charge in [-0.1, -0.05) is 17.4 Å². The molecule has 144 valence electrons. The number of anilines is 1. The smallest absolute Gasteiger partial charge is 0.270 e. The minimum atomic E-state index is -0.0138. The quantitative estimate of drug-likeness (QED) is 0.488. The Balaban J connectivity index is 2.00. The summed E-state index contributed by atoms with van der Waals surface area (Å²) in [5.41, 5.74) is 1.95. The van der Waals surface area contributed by atoms with Crippen LogP contribution in [-0.4, -0.2) is 50.1 Å². The third-order valence-corrected chi connectivity index (χ3v) is 6.98. The lowest BCUT2D eigenvalue weighted by Gasteiger charge is -2.20. The van der Waals surface area contributed by atoms with Crippen LogP contribution in [0.25, 0.3) is 10.2 Å². The van der Waals surface area contributed by atoms with Crippen molar-refractivity contribution in [1.29, 1.82) is 0 Å². The predicted octanol–water partition coefficient (Wildman–Crippen LogP) is 5.04. The Kier molecular flexibility index (Phi) is 6.52. The van der Waals surface area contributed by atoms with Crippen molar-refractivity contribution in [1.82, 2.24) is 9.88 Å². The Hall–Kier alpha value is -1.48. The normalized spacial score (nSPS) is 11.3. The number of halogens is 1. The van der Waals surface area contributed by atoms with E-state index in [1.807, 2.05) is 38.4 Å². The molecular weight excluding hydrogens is 446 g/mol. The second kappa shape index (κ2) is 8.68. The Morgan fingerprint density at radius 1 is 1.19 bits per heavy atom. The first-order valence-electron chi connectivity index (χ1n) is 8.56. The van der Waals surface area contributed by atoms with Crippen molar-refractivity contribution in [3.05, 3.63) is 38.5 Å². The topological polar surface area (TPSA) is 45.7 Å². The van der Waals surface area contributed by atoms with Crippen molar-refractivity contribution in [2.24, 2.45) is 0 Å². The number of carbonyl (C=O) groups excluding carboxylic acids is 1. The van der Waals surface area contributed by atoms with Gasteiger partial charge in [-0.3, -0.25) is 9.69 Å². The van der Waals surface area contributed by atoms with Gasteiger partial charge in [0.05, 0.1) is 20.5 Å². The van der Waals surface area contributed by atoms with E-state index in [0.717, 1.165) is 38.3 Å². The monoisotopic (exact) mass is 467 g/mol. The van der Waals surface area contributed by atoms with Crippen LogP contribution in [0.15, 0.2) is 28.1 Å². The van der Waals surface area contributed by atoms with Crippen molar-refractivity contribution in [3.63, 3.8) is 0 Å². The van der Waals surface area contributed by atoms with E-state index in [9.17, 15) is 4.79 Å². The maximum atomic E-state index is 13.2. The largest absolute Gasteiger partial charge is 0.494 e. The molecule has 2 aromatic heterocycles. The fourth-order valence-electron chi connectivity index (χ4n) is 2.77. The van der Waals surface area contributed by atoms with Gasteiger partial charge in [-0.2, -0.15) is 0 Å². The molecule has 1 amide bonds. The molecule has 0 fully saturated rings. The highest BCUT2D eigenvalue weighted by molar-refractivity contribution is 9.11. The van der Waals surface area contributed by atoms with E-state index >= 15 is 0 Å². The van der Waals surface area contributed by atoms with E-state index in [4.69, 9.17) is 9.72 Å². The first-order chi connectivity index (χ1) is 12.9. The number of aromatic nitrogens is 1. The summed E-state index contributed by atoms with van der Waals surface area (Å²) in [5.74, 6) is 0.720. The second-order valence-electron chi connectivity index (χ2n) is 6.48. The van der Waals surface area contributed by atoms with Crippen molar-refractivity contribution in [2.45, 2.75) is 13.3 Å². The van der Waals surface area contributed by atoms with Crippen molar-refractivity contribution in [3.8, 4) is 5.75 Å². The number of fused-ring (bicyclic) bond motifs is 1. The number of amides is 1. The van der Waals surface area contributed by atoms with Crippen molar-refractivity contribution < 1.29 is 9.53 Å². The van der Waals surface area contributed by atoms with Crippen LogP contribution in [-0.2, 0) is 0 Å². The first-order valence-corrected chi connectivity index (χ1v) is 11.0. The lowest BCUT2D eigenvalue weighted by Crippen LogP contribution is -2.32. The summed E-state index contributed by atoms with van der Waals surface area (Å²) in [6, 6.07) is 7.71. The fraction of sp³-hybridized carbons (Fsp3) is 0.368. The summed E-state index contributed by atoms with van der Waals surface area (Å²) < 4.78 is 7.47. The van der Waals surface area contributed by atoms with Gasteiger partial charge in [-0.15, -0.1) is 11.3 Å². The zero-order chi connectivity index (χ0) is 19.6. The lowest BCUT2D eigenvalue weighted by molar-refractivity contribution is 0.0990. The van der Waals surface area contributed by atoms with E-state index in [-0.39, 0.29) is 5.91 Å². The number of thiophene rings is 1. The first kappa shape index (κ1) is 20.3. The van der Waals surface area contributed by atoms with Gasteiger partial charge in [0.15, 0.2) is 5.13 Å². The molecule has 0 saturated heterocycles. The molecule has 0 atom stereocenters. The Labute approximate surface area is 175 Å². The van der Waals surface area contributed by atoms with Crippen molar-refractivity contribution in [2.75, 3.05) is 39.2 Å². The summed E-state index contributed by atoms with van der Waals surface area (Å²) >= 11 is 6.43. The van der Waals surface area contributed by atoms with Crippen LogP contribution in [0.5, 0.6) is 5.75 Å². The number of carbonyl (C=O) groups is 1. The van der Waals surface area contributed by atoms with Crippen LogP contribution in [0, 0.1) is 6.92 Å². The molecule has 0 radical (unpaired) electrons. The number of benzene rings is 1. The van der Waals surface area contributed by atoms with Crippen LogP contribution in [0.3, 0.4) is 0 Å². The molecule has 1 aromatic carbocycles. The maximum absolute atomic E-state index is 13.2. The Morgan fingerprint density at radius 3 is 2.59 bits per heavy atom. The van der Waals surface area contributed by atoms with E-state index in [1.165, 1.54) is 11.3 Å². The van der Waals surface area contributed by atoms with E-state index in [1.54, 1.807) is 23.3 Å². The van der Waals surface area contributed by atoms with Crippen LogP contribution in [0.4, 0.5) is 5.13 Å². The Morgan fingerprint density at radius 2 is 1.96 bits per heavy atom. The number of aryl methyl sites for hydroxylation is 1. The number of thiazole rings is 1. The van der Waals surface area contributed by atoms with Gasteiger partial charge in [0, 0.05) is 6.54 Å². The lowest BCUT2D eigenvalue weighted by atomic mass is 10.2. The highest BCUT2D eigenvalue weighted by atomic mass is 79.9. The zero-order valence-electron chi connectivity index (χ0n) is 15.8. The van der Waals surface area contributed by atoms with Crippen LogP contribution in [0.2, 0.25) is 0 Å². The molecule has 5 nitrogen and oxygen atoms in total. The van der Waals surface area contributed by atoms with Gasteiger partial charge in [0.25, 0.3) is 5.91 Å². The predicted molar refractivity (Wildman–Crippen MR) is 118 cm³/mol. The summed E-state index contributed by atoms with van der Waals surface area (Å²) in [7, 11) is 5.72. The number of hydrogen-bond donors (Lipinski definition) is 0. The summed E-state index contributed by atoms with van der Waals surface area (Å²) in [6.45, 7) is 3.58. The van der Waals surface area contributed by atoms with Gasteiger partial charge >= 0.3 is 0 Å². The number of hydrogen-bond acceptors (Lipinski definition) is 6. The van der Waals surface area contributed by atoms with E-state index < -0.39 is 0 Å². The van der Waals surface area contributed by atoms with Crippen molar-refractivity contribution >= 4 is 59.9 Å². The van der Waals surface area contributed by atoms with Gasteiger partial charge in [0.1, 0.15) is 11.3 Å². The van der Waals surface area contributed by atoms with E-state index in [2.05, 4.69) is 27.8 Å². The molecule has 8 heteroatoms. The number of ether oxygens (including phenoxy) is 1. The van der Waals surface area contributed by atoms with Crippen LogP contribution < -0.4 is 9.64 Å². The van der Waals surface area contributed by atoms with Gasteiger partial charge in [-0.25, -0.2) is 4.98 Å². The minimum Gasteiger partial charge on any atom is -0.494 e. The molecule has 27 heavy (non-hydrogen) atoms. The summed E-state index contributed by atoms with van der Waals surface area (Å²) in [4.78, 5) is 22.6. The molecular formula is C19H22BrN3O2S2. The molecule has 0 N–H and O–H groups in total. The van der Waals surface area contributed by atoms with Crippen LogP contribution >= 0.6 is 38.6 Å². The molecule has 0 aliphatic heterocycles. The molecule has 0 spiro atoms. The SMILES string of the molecule is COc1ccc(C)c2sc(N(CCCN(C)C)C(=O)c3ccc(Br)s3)nc12. The average Bonchev–Trinajstić information content (AvgIpc) is 3.25. The summed E-state index contributed by atoms with van der Waals surface area (Å²) in [5, 5.41) is 0.714. The number of rotatable bonds is 7. The minimum absolute atomic E-state index is 0.0138. The summed E-state index contributed by atoms with van der Waals surface area (Å²) in [6.07, 6.45) is 0.872. The zero-order valence-corrected chi connectivity index (χ0v) is 19.0. The third-order valence-electron chi connectivity index (χ3n) is 4.16. The molecule has 3 rings (SSSR count). The maximum Gasteiger partial charge on any atom is 0.270 e. The number of nitrogens with zero attached hydrogens (tertiary/aromatic N) is 3.